The summed E-state index contributed by atoms with van der Waals surface area (Å²) in [5.41, 5.74) is 5.06. The van der Waals surface area contributed by atoms with Crippen molar-refractivity contribution in [3.05, 3.63) is 66.1 Å². The predicted octanol–water partition coefficient (Wildman–Crippen LogP) is 3.97. The van der Waals surface area contributed by atoms with Crippen LogP contribution in [0.15, 0.2) is 54.9 Å². The van der Waals surface area contributed by atoms with Crippen molar-refractivity contribution in [1.29, 1.82) is 0 Å². The van der Waals surface area contributed by atoms with E-state index in [1.165, 1.54) is 5.56 Å². The molecule has 0 radical (unpaired) electrons. The summed E-state index contributed by atoms with van der Waals surface area (Å²) in [4.78, 5) is 33.8. The fraction of sp³-hybridized carbons (Fsp3) is 0.448. The van der Waals surface area contributed by atoms with Crippen molar-refractivity contribution in [2.45, 2.75) is 39.3 Å². The first-order valence-corrected chi connectivity index (χ1v) is 13.5. The van der Waals surface area contributed by atoms with Crippen molar-refractivity contribution in [2.75, 3.05) is 51.1 Å². The van der Waals surface area contributed by atoms with Gasteiger partial charge in [-0.05, 0) is 61.8 Å². The highest BCUT2D eigenvalue weighted by atomic mass is 16.1. The van der Waals surface area contributed by atoms with E-state index in [-0.39, 0.29) is 0 Å². The zero-order chi connectivity index (χ0) is 25.5. The van der Waals surface area contributed by atoms with Crippen LogP contribution in [0.1, 0.15) is 37.4 Å². The molecule has 8 heteroatoms. The van der Waals surface area contributed by atoms with Gasteiger partial charge < -0.3 is 5.32 Å². The fourth-order valence-corrected chi connectivity index (χ4v) is 5.13. The van der Waals surface area contributed by atoms with Crippen LogP contribution in [0.4, 0.5) is 11.6 Å². The normalized spacial score (nSPS) is 21.5. The van der Waals surface area contributed by atoms with Gasteiger partial charge >= 0.3 is 0 Å². The lowest BCUT2D eigenvalue weighted by Crippen LogP contribution is -2.47. The number of piperazine rings is 1. The van der Waals surface area contributed by atoms with Crippen molar-refractivity contribution in [1.82, 2.24) is 29.7 Å². The zero-order valence-electron chi connectivity index (χ0n) is 21.8. The molecular formula is C29H37N7O. The van der Waals surface area contributed by atoms with Gasteiger partial charge in [-0.15, -0.1) is 0 Å². The molecule has 194 valence electrons. The summed E-state index contributed by atoms with van der Waals surface area (Å²) in [5, 5.41) is 3.37. The maximum Gasteiger partial charge on any atom is 0.227 e. The molecular weight excluding hydrogens is 462 g/mol. The van der Waals surface area contributed by atoms with E-state index in [2.05, 4.69) is 62.3 Å². The number of hydrogen-bond acceptors (Lipinski definition) is 8. The van der Waals surface area contributed by atoms with Crippen LogP contribution in [0.5, 0.6) is 0 Å². The molecule has 8 nitrogen and oxygen atoms in total. The number of carbonyl (C=O) groups is 1. The Balaban J connectivity index is 1.37. The first-order valence-electron chi connectivity index (χ1n) is 13.5. The van der Waals surface area contributed by atoms with Crippen molar-refractivity contribution >= 4 is 17.4 Å². The SMILES string of the molecule is CCCN1CCCC(=O)CN2CCN(CC2)Cc2cccc(c2)Nc2nccc(n2)-c2ccc(nc2)C1. The number of ketones is 1. The Morgan fingerprint density at radius 3 is 2.54 bits per heavy atom. The van der Waals surface area contributed by atoms with Crippen molar-refractivity contribution < 1.29 is 4.79 Å². The van der Waals surface area contributed by atoms with Gasteiger partial charge in [0.1, 0.15) is 5.78 Å². The number of aromatic nitrogens is 3. The maximum atomic E-state index is 12.7. The van der Waals surface area contributed by atoms with Crippen LogP contribution < -0.4 is 5.32 Å². The van der Waals surface area contributed by atoms with Gasteiger partial charge in [-0.25, -0.2) is 9.97 Å². The molecule has 0 spiro atoms. The molecule has 0 unspecified atom stereocenters. The van der Waals surface area contributed by atoms with E-state index in [1.54, 1.807) is 6.20 Å². The zero-order valence-corrected chi connectivity index (χ0v) is 21.8. The molecule has 37 heavy (non-hydrogen) atoms. The molecule has 1 fully saturated rings. The first kappa shape index (κ1) is 25.4. The van der Waals surface area contributed by atoms with Gasteiger partial charge in [0, 0.05) is 69.3 Å². The van der Waals surface area contributed by atoms with Gasteiger partial charge in [0.25, 0.3) is 0 Å². The summed E-state index contributed by atoms with van der Waals surface area (Å²) in [5.74, 6) is 0.928. The van der Waals surface area contributed by atoms with Crippen LogP contribution in [-0.2, 0) is 17.9 Å². The Bertz CT molecular complexity index is 1170. The number of benzene rings is 1. The molecule has 1 N–H and O–H groups in total. The number of pyridine rings is 1. The second-order valence-electron chi connectivity index (χ2n) is 10.1. The number of nitrogens with one attached hydrogen (secondary N) is 1. The second kappa shape index (κ2) is 12.4. The smallest absolute Gasteiger partial charge is 0.227 e. The highest BCUT2D eigenvalue weighted by molar-refractivity contribution is 5.80. The van der Waals surface area contributed by atoms with Crippen molar-refractivity contribution in [2.24, 2.45) is 0 Å². The van der Waals surface area contributed by atoms with Crippen molar-refractivity contribution in [3.8, 4) is 11.3 Å². The molecule has 5 aliphatic rings. The molecule has 8 rings (SSSR count). The van der Waals surface area contributed by atoms with Gasteiger partial charge in [-0.1, -0.05) is 19.1 Å². The number of hydrogen-bond donors (Lipinski definition) is 1. The molecule has 8 bridgehead atoms. The van der Waals surface area contributed by atoms with E-state index in [4.69, 9.17) is 9.97 Å². The molecule has 7 heterocycles. The minimum absolute atomic E-state index is 0.354. The Morgan fingerprint density at radius 2 is 1.76 bits per heavy atom. The lowest BCUT2D eigenvalue weighted by molar-refractivity contribution is -0.120. The lowest BCUT2D eigenvalue weighted by atomic mass is 10.1. The topological polar surface area (TPSA) is 77.5 Å². The van der Waals surface area contributed by atoms with E-state index in [0.717, 1.165) is 87.8 Å². The van der Waals surface area contributed by atoms with Crippen LogP contribution in [-0.4, -0.2) is 81.2 Å². The van der Waals surface area contributed by atoms with Gasteiger partial charge in [0.05, 0.1) is 17.9 Å². The quantitative estimate of drug-likeness (QED) is 0.568. The predicted molar refractivity (Wildman–Crippen MR) is 147 cm³/mol. The van der Waals surface area contributed by atoms with E-state index < -0.39 is 0 Å². The van der Waals surface area contributed by atoms with Crippen LogP contribution in [0.3, 0.4) is 0 Å². The average Bonchev–Trinajstić information content (AvgIpc) is 2.90. The van der Waals surface area contributed by atoms with Crippen LogP contribution in [0.25, 0.3) is 11.3 Å². The number of nitrogens with zero attached hydrogens (tertiary/aromatic N) is 6. The summed E-state index contributed by atoms with van der Waals surface area (Å²) >= 11 is 0. The van der Waals surface area contributed by atoms with Gasteiger partial charge in [-0.3, -0.25) is 24.5 Å². The van der Waals surface area contributed by atoms with Gasteiger partial charge in [0.15, 0.2) is 0 Å². The third kappa shape index (κ3) is 7.19. The number of rotatable bonds is 2. The third-order valence-corrected chi connectivity index (χ3v) is 7.09. The van der Waals surface area contributed by atoms with Crippen molar-refractivity contribution in [3.63, 3.8) is 0 Å². The summed E-state index contributed by atoms with van der Waals surface area (Å²) in [6, 6.07) is 14.5. The van der Waals surface area contributed by atoms with Crippen LogP contribution >= 0.6 is 0 Å². The molecule has 0 amide bonds. The Kier molecular flexibility index (Phi) is 8.50. The maximum absolute atomic E-state index is 12.7. The molecule has 0 atom stereocenters. The average molecular weight is 500 g/mol. The second-order valence-corrected chi connectivity index (χ2v) is 10.1. The summed E-state index contributed by atoms with van der Waals surface area (Å²) < 4.78 is 0. The fourth-order valence-electron chi connectivity index (χ4n) is 5.13. The molecule has 0 saturated carbocycles. The van der Waals surface area contributed by atoms with Crippen LogP contribution in [0.2, 0.25) is 0 Å². The molecule has 0 aliphatic carbocycles. The lowest BCUT2D eigenvalue weighted by Gasteiger charge is -2.34. The minimum Gasteiger partial charge on any atom is -0.324 e. The Hall–Kier alpha value is -3.20. The van der Waals surface area contributed by atoms with E-state index in [1.807, 2.05) is 18.3 Å². The first-order chi connectivity index (χ1) is 18.1. The molecule has 3 aromatic rings. The number of carbonyl (C=O) groups excluding carboxylic acids is 1. The van der Waals surface area contributed by atoms with E-state index in [9.17, 15) is 4.79 Å². The number of anilines is 2. The molecule has 1 aromatic carbocycles. The van der Waals surface area contributed by atoms with E-state index in [0.29, 0.717) is 24.7 Å². The standard InChI is InChI=1S/C29H37N7O/c1-2-12-34-13-4-7-27(37)22-36-16-14-35(15-17-36)20-23-5-3-6-25(18-23)32-29-30-11-10-28(33-29)24-8-9-26(21-34)31-19-24/h3,5-6,8-11,18-19H,2,4,7,12-17,20-22H2,1H3,(H,30,32,33). The Morgan fingerprint density at radius 1 is 0.919 bits per heavy atom. The molecule has 1 saturated heterocycles. The number of Topliss-reactive ketones (excluding diaryl/α,β-unsaturated/α-hetero) is 1. The minimum atomic E-state index is 0.354. The van der Waals surface area contributed by atoms with Crippen LogP contribution in [0, 0.1) is 0 Å². The summed E-state index contributed by atoms with van der Waals surface area (Å²) in [6.07, 6.45) is 6.29. The Labute approximate surface area is 219 Å². The highest BCUT2D eigenvalue weighted by Gasteiger charge is 2.19. The molecule has 2 aromatic heterocycles. The summed E-state index contributed by atoms with van der Waals surface area (Å²) in [7, 11) is 0. The van der Waals surface area contributed by atoms with Gasteiger partial charge in [-0.2, -0.15) is 0 Å². The summed E-state index contributed by atoms with van der Waals surface area (Å²) in [6.45, 7) is 10.2. The van der Waals surface area contributed by atoms with E-state index >= 15 is 0 Å². The molecule has 5 aliphatic heterocycles. The van der Waals surface area contributed by atoms with Gasteiger partial charge in [0.2, 0.25) is 5.95 Å². The monoisotopic (exact) mass is 499 g/mol. The third-order valence-electron chi connectivity index (χ3n) is 7.09. The largest absolute Gasteiger partial charge is 0.324 e. The highest BCUT2D eigenvalue weighted by Crippen LogP contribution is 2.21.